The predicted molar refractivity (Wildman–Crippen MR) is 113 cm³/mol. The van der Waals surface area contributed by atoms with Gasteiger partial charge in [-0.05, 0) is 61.8 Å². The average molecular weight is 394 g/mol. The monoisotopic (exact) mass is 394 g/mol. The van der Waals surface area contributed by atoms with Crippen molar-refractivity contribution in [3.05, 3.63) is 48.5 Å². The molecule has 6 heteroatoms. The molecular weight excluding hydrogens is 366 g/mol. The van der Waals surface area contributed by atoms with E-state index in [4.69, 9.17) is 10.2 Å². The second-order valence-electron chi connectivity index (χ2n) is 5.95. The van der Waals surface area contributed by atoms with Crippen LogP contribution in [0.2, 0.25) is 0 Å². The van der Waals surface area contributed by atoms with Gasteiger partial charge in [0.25, 0.3) is 0 Å². The van der Waals surface area contributed by atoms with Gasteiger partial charge in [-0.25, -0.2) is 0 Å². The molecule has 0 heterocycles. The van der Waals surface area contributed by atoms with Gasteiger partial charge in [0.2, 0.25) is 0 Å². The number of aromatic hydroxyl groups is 3. The van der Waals surface area contributed by atoms with Crippen molar-refractivity contribution in [3.63, 3.8) is 0 Å². The molecule has 26 heavy (non-hydrogen) atoms. The Labute approximate surface area is 158 Å². The number of hydrogen-bond acceptors (Lipinski definition) is 4. The Morgan fingerprint density at radius 3 is 1.73 bits per heavy atom. The first-order chi connectivity index (χ1) is 12.6. The van der Waals surface area contributed by atoms with Crippen molar-refractivity contribution in [3.8, 4) is 17.2 Å². The first-order valence-electron chi connectivity index (χ1n) is 8.87. The fourth-order valence-corrected chi connectivity index (χ4v) is 5.06. The van der Waals surface area contributed by atoms with Crippen molar-refractivity contribution < 1.29 is 19.9 Å². The van der Waals surface area contributed by atoms with E-state index in [1.807, 2.05) is 12.1 Å². The van der Waals surface area contributed by atoms with E-state index in [1.54, 1.807) is 12.1 Å². The zero-order valence-electron chi connectivity index (χ0n) is 15.1. The Morgan fingerprint density at radius 1 is 0.808 bits per heavy atom. The van der Waals surface area contributed by atoms with E-state index in [9.17, 15) is 9.67 Å². The van der Waals surface area contributed by atoms with Crippen LogP contribution in [0.4, 0.5) is 0 Å². The second-order valence-corrected chi connectivity index (χ2v) is 9.88. The fraction of sp³-hybridized carbons (Fsp3) is 0.350. The summed E-state index contributed by atoms with van der Waals surface area (Å²) in [7, 11) is -0.859. The van der Waals surface area contributed by atoms with Gasteiger partial charge in [0, 0.05) is 0 Å². The summed E-state index contributed by atoms with van der Waals surface area (Å²) in [6.07, 6.45) is 7.41. The van der Waals surface area contributed by atoms with Crippen LogP contribution < -0.4 is 5.30 Å². The summed E-state index contributed by atoms with van der Waals surface area (Å²) in [5, 5.41) is 27.6. The Bertz CT molecular complexity index is 646. The van der Waals surface area contributed by atoms with Gasteiger partial charge in [0.05, 0.1) is 0 Å². The van der Waals surface area contributed by atoms with Crippen LogP contribution in [0.1, 0.15) is 45.4 Å². The first-order valence-corrected chi connectivity index (χ1v) is 12.1. The number of phenolic OH excluding ortho intramolecular Hbond substituents is 3. The summed E-state index contributed by atoms with van der Waals surface area (Å²) >= 11 is 0. The maximum absolute atomic E-state index is 11.2. The van der Waals surface area contributed by atoms with E-state index in [2.05, 4.69) is 12.7 Å². The van der Waals surface area contributed by atoms with Crippen LogP contribution in [0.3, 0.4) is 0 Å². The maximum atomic E-state index is 11.2. The third-order valence-electron chi connectivity index (χ3n) is 3.76. The quantitative estimate of drug-likeness (QED) is 0.305. The largest absolute Gasteiger partial charge is 0.508 e. The van der Waals surface area contributed by atoms with Gasteiger partial charge in [-0.2, -0.15) is 0 Å². The highest BCUT2D eigenvalue weighted by atomic mass is 32.0. The van der Waals surface area contributed by atoms with E-state index < -0.39 is 7.23 Å². The number of unbranched alkanes of at least 4 members (excludes halogenated alkanes) is 5. The van der Waals surface area contributed by atoms with E-state index in [0.29, 0.717) is 0 Å². The molecule has 0 radical (unpaired) electrons. The predicted octanol–water partition coefficient (Wildman–Crippen LogP) is 5.70. The second kappa shape index (κ2) is 13.4. The molecule has 2 rings (SSSR count). The third kappa shape index (κ3) is 9.65. The highest BCUT2D eigenvalue weighted by Gasteiger charge is 1.99. The molecule has 1 unspecified atom stereocenters. The Morgan fingerprint density at radius 2 is 1.27 bits per heavy atom. The van der Waals surface area contributed by atoms with Crippen LogP contribution in [0.15, 0.2) is 48.5 Å². The Balaban J connectivity index is 0.000000350. The molecule has 2 aromatic carbocycles. The topological polar surface area (TPSA) is 77.8 Å². The molecule has 0 saturated carbocycles. The number of phenols is 3. The van der Waals surface area contributed by atoms with Gasteiger partial charge in [-0.15, -0.1) is 0 Å². The molecule has 0 aliphatic heterocycles. The SMILES string of the molecule is CCCCCCCC=[PH](P=O)c1ccc(O)cc1.Oc1ccc(O)cc1. The Kier molecular flexibility index (Phi) is 11.5. The highest BCUT2D eigenvalue weighted by molar-refractivity contribution is 8.18. The van der Waals surface area contributed by atoms with Crippen molar-refractivity contribution in [2.45, 2.75) is 45.4 Å². The van der Waals surface area contributed by atoms with E-state index in [-0.39, 0.29) is 25.4 Å². The van der Waals surface area contributed by atoms with Crippen molar-refractivity contribution in [1.29, 1.82) is 0 Å². The van der Waals surface area contributed by atoms with Gasteiger partial charge in [-0.3, -0.25) is 4.57 Å². The van der Waals surface area contributed by atoms with Crippen LogP contribution in [-0.2, 0) is 4.57 Å². The summed E-state index contributed by atoms with van der Waals surface area (Å²) in [6.45, 7) is 2.22. The standard InChI is InChI=1S/C14H22O2P2.C6H6O2/c1-2-3-4-5-6-7-12-18(17-16)14-10-8-13(15)9-11-14;7-5-1-2-6(8)4-3-5/h8-12,15,18H,2-7H2,1H3;1-4,7-8H. The molecule has 0 aliphatic carbocycles. The summed E-state index contributed by atoms with van der Waals surface area (Å²) in [4.78, 5) is 0. The van der Waals surface area contributed by atoms with Gasteiger partial charge < -0.3 is 15.3 Å². The number of rotatable bonds is 8. The molecule has 0 saturated heterocycles. The van der Waals surface area contributed by atoms with Crippen LogP contribution in [0.25, 0.3) is 0 Å². The molecule has 0 aliphatic rings. The molecule has 0 bridgehead atoms. The zero-order valence-corrected chi connectivity index (χ0v) is 17.0. The van der Waals surface area contributed by atoms with Crippen molar-refractivity contribution in [1.82, 2.24) is 0 Å². The molecule has 0 amide bonds. The van der Waals surface area contributed by atoms with Crippen molar-refractivity contribution in [2.24, 2.45) is 0 Å². The third-order valence-corrected chi connectivity index (χ3v) is 7.47. The van der Waals surface area contributed by atoms with Gasteiger partial charge in [0.1, 0.15) is 17.2 Å². The molecule has 2 aromatic rings. The zero-order chi connectivity index (χ0) is 19.2. The minimum absolute atomic E-state index is 0.169. The molecule has 142 valence electrons. The maximum Gasteiger partial charge on any atom is 0.181 e. The number of benzene rings is 2. The highest BCUT2D eigenvalue weighted by Crippen LogP contribution is 2.36. The smallest absolute Gasteiger partial charge is 0.181 e. The molecule has 0 aromatic heterocycles. The molecule has 0 spiro atoms. The number of hydrogen-bond donors (Lipinski definition) is 3. The van der Waals surface area contributed by atoms with E-state index in [1.165, 1.54) is 56.4 Å². The first kappa shape index (κ1) is 22.3. The van der Waals surface area contributed by atoms with Gasteiger partial charge in [-0.1, -0.05) is 50.5 Å². The van der Waals surface area contributed by atoms with E-state index in [0.717, 1.165) is 11.7 Å². The van der Waals surface area contributed by atoms with Crippen LogP contribution in [-0.4, -0.2) is 21.1 Å². The summed E-state index contributed by atoms with van der Waals surface area (Å²) < 4.78 is 11.2. The lowest BCUT2D eigenvalue weighted by atomic mass is 10.1. The summed E-state index contributed by atoms with van der Waals surface area (Å²) in [5.74, 6) is 2.82. The molecule has 4 nitrogen and oxygen atoms in total. The average Bonchev–Trinajstić information content (AvgIpc) is 2.65. The molecular formula is C20H28O4P2. The molecule has 0 fully saturated rings. The van der Waals surface area contributed by atoms with Crippen LogP contribution >= 0.6 is 15.4 Å². The van der Waals surface area contributed by atoms with Crippen molar-refractivity contribution in [2.75, 3.05) is 0 Å². The molecule has 3 N–H and O–H groups in total. The molecule has 1 atom stereocenters. The van der Waals surface area contributed by atoms with Gasteiger partial charge >= 0.3 is 0 Å². The lowest BCUT2D eigenvalue weighted by Gasteiger charge is -2.02. The lowest BCUT2D eigenvalue weighted by Crippen LogP contribution is -1.93. The minimum Gasteiger partial charge on any atom is -0.508 e. The lowest BCUT2D eigenvalue weighted by molar-refractivity contribution is 0.460. The minimum atomic E-state index is -1.09. The normalized spacial score (nSPS) is 11.7. The van der Waals surface area contributed by atoms with Crippen molar-refractivity contribution >= 4 is 26.5 Å². The van der Waals surface area contributed by atoms with Crippen LogP contribution in [0, 0.1) is 0 Å². The summed E-state index contributed by atoms with van der Waals surface area (Å²) in [5.41, 5.74) is 0. The van der Waals surface area contributed by atoms with Crippen LogP contribution in [0.5, 0.6) is 17.2 Å². The van der Waals surface area contributed by atoms with E-state index >= 15 is 0 Å². The Hall–Kier alpha value is -1.76. The summed E-state index contributed by atoms with van der Waals surface area (Å²) in [6, 6.07) is 12.8. The van der Waals surface area contributed by atoms with Gasteiger partial charge in [0.15, 0.2) is 8.15 Å². The fourth-order valence-electron chi connectivity index (χ4n) is 2.28.